The number of carbonyl (C=O) groups is 2. The minimum atomic E-state index is -0.731. The van der Waals surface area contributed by atoms with Crippen molar-refractivity contribution in [1.82, 2.24) is 20.2 Å². The zero-order valence-corrected chi connectivity index (χ0v) is 15.8. The summed E-state index contributed by atoms with van der Waals surface area (Å²) in [5.41, 5.74) is 0.897. The van der Waals surface area contributed by atoms with Gasteiger partial charge in [0.2, 0.25) is 11.7 Å². The molecule has 3 heterocycles. The monoisotopic (exact) mass is 397 g/mol. The second-order valence-corrected chi connectivity index (χ2v) is 6.79. The van der Waals surface area contributed by atoms with E-state index in [1.165, 1.54) is 23.1 Å². The molecular weight excluding hydrogens is 382 g/mol. The number of ether oxygens (including phenoxy) is 2. The summed E-state index contributed by atoms with van der Waals surface area (Å²) in [6, 6.07) is 9.92. The molecule has 0 aliphatic carbocycles. The number of hydrogen-bond donors (Lipinski definition) is 1. The second-order valence-electron chi connectivity index (χ2n) is 5.84. The van der Waals surface area contributed by atoms with Crippen molar-refractivity contribution in [2.45, 2.75) is 6.04 Å². The van der Waals surface area contributed by atoms with Crippen molar-refractivity contribution in [3.05, 3.63) is 63.5 Å². The number of benzene rings is 1. The maximum atomic E-state index is 13.4. The van der Waals surface area contributed by atoms with Gasteiger partial charge in [0, 0.05) is 0 Å². The SMILES string of the molecule is COC(=O)C1=C(C(=O)c2cccs2)[C@H](c2cccc(OC)c2)n2nnnc2N1. The van der Waals surface area contributed by atoms with Crippen LogP contribution in [-0.4, -0.2) is 46.2 Å². The number of hydrogen-bond acceptors (Lipinski definition) is 9. The zero-order valence-electron chi connectivity index (χ0n) is 14.9. The molecule has 3 aromatic rings. The zero-order chi connectivity index (χ0) is 19.7. The number of thiophene rings is 1. The predicted octanol–water partition coefficient (Wildman–Crippen LogP) is 2.07. The van der Waals surface area contributed by atoms with Crippen molar-refractivity contribution < 1.29 is 19.1 Å². The molecule has 0 amide bonds. The maximum Gasteiger partial charge on any atom is 0.355 e. The van der Waals surface area contributed by atoms with Crippen LogP contribution >= 0.6 is 11.3 Å². The normalized spacial score (nSPS) is 15.6. The number of Topliss-reactive ketones (excluding diaryl/α,β-unsaturated/α-hetero) is 1. The summed E-state index contributed by atoms with van der Waals surface area (Å²) >= 11 is 1.29. The first kappa shape index (κ1) is 17.9. The summed E-state index contributed by atoms with van der Waals surface area (Å²) in [6.45, 7) is 0. The molecule has 0 radical (unpaired) electrons. The molecule has 0 saturated heterocycles. The van der Waals surface area contributed by atoms with Gasteiger partial charge >= 0.3 is 5.97 Å². The molecule has 1 aromatic carbocycles. The van der Waals surface area contributed by atoms with Crippen LogP contribution in [0.2, 0.25) is 0 Å². The highest BCUT2D eigenvalue weighted by molar-refractivity contribution is 7.12. The van der Waals surface area contributed by atoms with E-state index in [9.17, 15) is 9.59 Å². The van der Waals surface area contributed by atoms with Crippen LogP contribution in [0.3, 0.4) is 0 Å². The summed E-state index contributed by atoms with van der Waals surface area (Å²) < 4.78 is 11.7. The molecule has 0 spiro atoms. The highest BCUT2D eigenvalue weighted by Crippen LogP contribution is 2.38. The smallest absolute Gasteiger partial charge is 0.355 e. The second kappa shape index (κ2) is 7.24. The van der Waals surface area contributed by atoms with Crippen LogP contribution in [0.25, 0.3) is 0 Å². The standard InChI is InChI=1S/C18H15N5O4S/c1-26-11-6-3-5-10(9-11)15-13(16(24)12-7-4-8-28-12)14(17(25)27-2)19-18-20-21-22-23(15)18/h3-9,15H,1-2H3,(H,19,20,22)/t15-/m0/s1. The van der Waals surface area contributed by atoms with Crippen molar-refractivity contribution in [1.29, 1.82) is 0 Å². The van der Waals surface area contributed by atoms with Gasteiger partial charge in [-0.15, -0.1) is 11.3 Å². The molecule has 0 bridgehead atoms. The summed E-state index contributed by atoms with van der Waals surface area (Å²) in [5.74, 6) is -0.150. The summed E-state index contributed by atoms with van der Waals surface area (Å²) in [5, 5.41) is 16.2. The lowest BCUT2D eigenvalue weighted by Gasteiger charge is -2.28. The Kier molecular flexibility index (Phi) is 4.62. The number of nitrogens with one attached hydrogen (secondary N) is 1. The number of aromatic nitrogens is 4. The van der Waals surface area contributed by atoms with Crippen LogP contribution < -0.4 is 10.1 Å². The molecule has 0 saturated carbocycles. The lowest BCUT2D eigenvalue weighted by atomic mass is 9.91. The van der Waals surface area contributed by atoms with Crippen molar-refractivity contribution in [3.63, 3.8) is 0 Å². The fourth-order valence-corrected chi connectivity index (χ4v) is 3.73. The van der Waals surface area contributed by atoms with Gasteiger partial charge in [0.05, 0.1) is 24.7 Å². The molecular formula is C18H15N5O4S. The van der Waals surface area contributed by atoms with E-state index in [1.54, 1.807) is 42.8 Å². The van der Waals surface area contributed by atoms with Crippen LogP contribution in [0.5, 0.6) is 5.75 Å². The minimum Gasteiger partial charge on any atom is -0.497 e. The first-order valence-electron chi connectivity index (χ1n) is 8.23. The Hall–Kier alpha value is -3.53. The number of anilines is 1. The van der Waals surface area contributed by atoms with E-state index in [1.807, 2.05) is 6.07 Å². The van der Waals surface area contributed by atoms with Crippen LogP contribution in [0, 0.1) is 0 Å². The van der Waals surface area contributed by atoms with E-state index in [4.69, 9.17) is 9.47 Å². The largest absolute Gasteiger partial charge is 0.497 e. The summed E-state index contributed by atoms with van der Waals surface area (Å²) in [7, 11) is 2.81. The molecule has 4 rings (SSSR count). The number of allylic oxidation sites excluding steroid dienone is 1. The number of nitrogens with zero attached hydrogens (tertiary/aromatic N) is 4. The Morgan fingerprint density at radius 3 is 2.79 bits per heavy atom. The molecule has 10 heteroatoms. The molecule has 0 fully saturated rings. The Morgan fingerprint density at radius 2 is 2.07 bits per heavy atom. The highest BCUT2D eigenvalue weighted by Gasteiger charge is 2.38. The first-order chi connectivity index (χ1) is 13.6. The van der Waals surface area contributed by atoms with Crippen molar-refractivity contribution in [3.8, 4) is 5.75 Å². The first-order valence-corrected chi connectivity index (χ1v) is 9.11. The van der Waals surface area contributed by atoms with Gasteiger partial charge in [-0.1, -0.05) is 23.3 Å². The Bertz CT molecular complexity index is 1070. The quantitative estimate of drug-likeness (QED) is 0.515. The summed E-state index contributed by atoms with van der Waals surface area (Å²) in [4.78, 5) is 26.3. The fourth-order valence-electron chi connectivity index (χ4n) is 3.05. The molecule has 2 aromatic heterocycles. The fraction of sp³-hybridized carbons (Fsp3) is 0.167. The highest BCUT2D eigenvalue weighted by atomic mass is 32.1. The van der Waals surface area contributed by atoms with E-state index in [0.29, 0.717) is 16.2 Å². The van der Waals surface area contributed by atoms with E-state index in [0.717, 1.165) is 0 Å². The average Bonchev–Trinajstić information content (AvgIpc) is 3.43. The summed E-state index contributed by atoms with van der Waals surface area (Å²) in [6.07, 6.45) is 0. The number of methoxy groups -OCH3 is 2. The van der Waals surface area contributed by atoms with Crippen molar-refractivity contribution in [2.75, 3.05) is 19.5 Å². The van der Waals surface area contributed by atoms with Gasteiger partial charge in [-0.3, -0.25) is 4.79 Å². The third-order valence-corrected chi connectivity index (χ3v) is 5.17. The lowest BCUT2D eigenvalue weighted by Crippen LogP contribution is -2.32. The average molecular weight is 397 g/mol. The topological polar surface area (TPSA) is 108 Å². The number of fused-ring (bicyclic) bond motifs is 1. The van der Waals surface area contributed by atoms with Gasteiger partial charge in [0.1, 0.15) is 17.5 Å². The number of tetrazole rings is 1. The third kappa shape index (κ3) is 2.93. The number of ketones is 1. The van der Waals surface area contributed by atoms with Crippen molar-refractivity contribution in [2.24, 2.45) is 0 Å². The van der Waals surface area contributed by atoms with Gasteiger partial charge in [0.25, 0.3) is 0 Å². The molecule has 0 unspecified atom stereocenters. The van der Waals surface area contributed by atoms with Gasteiger partial charge in [0.15, 0.2) is 0 Å². The Balaban J connectivity index is 1.96. The van der Waals surface area contributed by atoms with Crippen LogP contribution in [-0.2, 0) is 9.53 Å². The molecule has 1 aliphatic rings. The van der Waals surface area contributed by atoms with E-state index < -0.39 is 12.0 Å². The molecule has 28 heavy (non-hydrogen) atoms. The minimum absolute atomic E-state index is 0.0102. The van der Waals surface area contributed by atoms with E-state index in [-0.39, 0.29) is 23.0 Å². The lowest BCUT2D eigenvalue weighted by molar-refractivity contribution is -0.136. The molecule has 1 atom stereocenters. The van der Waals surface area contributed by atoms with Gasteiger partial charge < -0.3 is 14.8 Å². The molecule has 142 valence electrons. The molecule has 1 N–H and O–H groups in total. The van der Waals surface area contributed by atoms with Crippen LogP contribution in [0.15, 0.2) is 53.0 Å². The molecule has 9 nitrogen and oxygen atoms in total. The predicted molar refractivity (Wildman–Crippen MR) is 100 cm³/mol. The number of esters is 1. The van der Waals surface area contributed by atoms with E-state index in [2.05, 4.69) is 20.8 Å². The Labute approximate surface area is 163 Å². The van der Waals surface area contributed by atoms with Gasteiger partial charge in [-0.05, 0) is 39.6 Å². The number of rotatable bonds is 5. The van der Waals surface area contributed by atoms with Crippen LogP contribution in [0.4, 0.5) is 5.95 Å². The Morgan fingerprint density at radius 1 is 1.21 bits per heavy atom. The van der Waals surface area contributed by atoms with Gasteiger partial charge in [-0.25, -0.2) is 4.79 Å². The van der Waals surface area contributed by atoms with Crippen LogP contribution in [0.1, 0.15) is 21.3 Å². The van der Waals surface area contributed by atoms with E-state index >= 15 is 0 Å². The van der Waals surface area contributed by atoms with Gasteiger partial charge in [-0.2, -0.15) is 4.68 Å². The number of carbonyl (C=O) groups excluding carboxylic acids is 2. The third-order valence-electron chi connectivity index (χ3n) is 4.31. The van der Waals surface area contributed by atoms with Crippen molar-refractivity contribution >= 4 is 29.0 Å². The molecule has 1 aliphatic heterocycles. The maximum absolute atomic E-state index is 13.4.